The van der Waals surface area contributed by atoms with Crippen LogP contribution in [0.4, 0.5) is 11.4 Å². The summed E-state index contributed by atoms with van der Waals surface area (Å²) in [4.78, 5) is 4.56. The Hall–Kier alpha value is -3.92. The molecule has 4 heteroatoms. The van der Waals surface area contributed by atoms with Gasteiger partial charge in [0.15, 0.2) is 13.5 Å². The molecule has 4 aromatic rings. The predicted octanol–water partition coefficient (Wildman–Crippen LogP) is 6.03. The van der Waals surface area contributed by atoms with Crippen molar-refractivity contribution in [2.24, 2.45) is 0 Å². The third kappa shape index (κ3) is 4.32. The maximum atomic E-state index is 6.15. The van der Waals surface area contributed by atoms with E-state index in [-0.39, 0.29) is 0 Å². The Balaban J connectivity index is 1.17. The SMILES string of the molecule is c1ccc(N2CCc3cc(Cc4ccc5c(c4)CN(c4ccccc4)CO5)ccc3OC2)cc1. The van der Waals surface area contributed by atoms with E-state index in [4.69, 9.17) is 9.47 Å². The Morgan fingerprint density at radius 3 is 1.82 bits per heavy atom. The van der Waals surface area contributed by atoms with Crippen molar-refractivity contribution in [1.29, 1.82) is 0 Å². The lowest BCUT2D eigenvalue weighted by Gasteiger charge is -2.31. The van der Waals surface area contributed by atoms with Gasteiger partial charge in [-0.25, -0.2) is 0 Å². The quantitative estimate of drug-likeness (QED) is 0.380. The summed E-state index contributed by atoms with van der Waals surface area (Å²) in [6.45, 7) is 2.98. The second-order valence-electron chi connectivity index (χ2n) is 8.99. The summed E-state index contributed by atoms with van der Waals surface area (Å²) in [5, 5.41) is 0. The summed E-state index contributed by atoms with van der Waals surface area (Å²) in [5.74, 6) is 1.99. The molecule has 2 aliphatic rings. The average Bonchev–Trinajstić information content (AvgIpc) is 3.12. The van der Waals surface area contributed by atoms with Gasteiger partial charge in [0.1, 0.15) is 11.5 Å². The van der Waals surface area contributed by atoms with Gasteiger partial charge in [-0.1, -0.05) is 54.6 Å². The third-order valence-electron chi connectivity index (χ3n) is 6.66. The summed E-state index contributed by atoms with van der Waals surface area (Å²) in [6.07, 6.45) is 1.87. The van der Waals surface area contributed by atoms with Crippen LogP contribution in [0.15, 0.2) is 97.1 Å². The van der Waals surface area contributed by atoms with Crippen molar-refractivity contribution >= 4 is 11.4 Å². The molecule has 0 bridgehead atoms. The largest absolute Gasteiger partial charge is 0.473 e. The van der Waals surface area contributed by atoms with Gasteiger partial charge in [-0.05, 0) is 72.0 Å². The lowest BCUT2D eigenvalue weighted by Crippen LogP contribution is -2.31. The first-order chi connectivity index (χ1) is 16.8. The molecule has 0 aromatic heterocycles. The van der Waals surface area contributed by atoms with Crippen LogP contribution in [0.25, 0.3) is 0 Å². The standard InChI is InChI=1S/C30H28N2O2/c1-3-7-27(8-4-1)31-16-15-25-18-23(11-13-29(25)33-21-31)17-24-12-14-30-26(19-24)20-32(22-34-30)28-9-5-2-6-10-28/h1-14,18-19H,15-17,20-22H2. The van der Waals surface area contributed by atoms with Gasteiger partial charge in [-0.15, -0.1) is 0 Å². The van der Waals surface area contributed by atoms with Gasteiger partial charge < -0.3 is 19.3 Å². The van der Waals surface area contributed by atoms with Crippen LogP contribution in [0, 0.1) is 0 Å². The highest BCUT2D eigenvalue weighted by atomic mass is 16.5. The number of hydrogen-bond donors (Lipinski definition) is 0. The van der Waals surface area contributed by atoms with Crippen LogP contribution in [0.3, 0.4) is 0 Å². The lowest BCUT2D eigenvalue weighted by atomic mass is 9.98. The van der Waals surface area contributed by atoms with Crippen LogP contribution in [-0.2, 0) is 19.4 Å². The molecule has 0 unspecified atom stereocenters. The van der Waals surface area contributed by atoms with E-state index in [1.54, 1.807) is 0 Å². The molecule has 0 saturated carbocycles. The molecule has 6 rings (SSSR count). The molecule has 0 atom stereocenters. The lowest BCUT2D eigenvalue weighted by molar-refractivity contribution is 0.289. The average molecular weight is 449 g/mol. The smallest absolute Gasteiger partial charge is 0.161 e. The van der Waals surface area contributed by atoms with Gasteiger partial charge in [0, 0.05) is 30.0 Å². The molecule has 2 heterocycles. The molecule has 0 saturated heterocycles. The van der Waals surface area contributed by atoms with E-state index >= 15 is 0 Å². The predicted molar refractivity (Wildman–Crippen MR) is 137 cm³/mol. The Kier molecular flexibility index (Phi) is 5.56. The van der Waals surface area contributed by atoms with Crippen molar-refractivity contribution < 1.29 is 9.47 Å². The molecule has 4 aromatic carbocycles. The van der Waals surface area contributed by atoms with Gasteiger partial charge in [0.25, 0.3) is 0 Å². The highest BCUT2D eigenvalue weighted by molar-refractivity contribution is 5.51. The normalized spacial score (nSPS) is 14.9. The maximum absolute atomic E-state index is 6.15. The minimum absolute atomic E-state index is 0.582. The van der Waals surface area contributed by atoms with Crippen LogP contribution in [0.2, 0.25) is 0 Å². The number of nitrogens with zero attached hydrogens (tertiary/aromatic N) is 2. The van der Waals surface area contributed by atoms with Crippen molar-refractivity contribution in [2.75, 3.05) is 29.8 Å². The number of fused-ring (bicyclic) bond motifs is 2. The Labute approximate surface area is 201 Å². The van der Waals surface area contributed by atoms with E-state index in [0.29, 0.717) is 13.5 Å². The number of benzene rings is 4. The molecule has 4 nitrogen and oxygen atoms in total. The first-order valence-electron chi connectivity index (χ1n) is 11.9. The number of hydrogen-bond acceptors (Lipinski definition) is 4. The molecule has 34 heavy (non-hydrogen) atoms. The molecular formula is C30H28N2O2. The minimum Gasteiger partial charge on any atom is -0.473 e. The van der Waals surface area contributed by atoms with Gasteiger partial charge >= 0.3 is 0 Å². The van der Waals surface area contributed by atoms with E-state index in [2.05, 4.69) is 101 Å². The molecule has 0 amide bonds. The van der Waals surface area contributed by atoms with Crippen LogP contribution in [0.5, 0.6) is 11.5 Å². The molecule has 0 fully saturated rings. The fourth-order valence-electron chi connectivity index (χ4n) is 4.83. The molecule has 0 spiro atoms. The van der Waals surface area contributed by atoms with E-state index < -0.39 is 0 Å². The fourth-order valence-corrected chi connectivity index (χ4v) is 4.83. The molecule has 0 N–H and O–H groups in total. The topological polar surface area (TPSA) is 24.9 Å². The van der Waals surface area contributed by atoms with Crippen molar-refractivity contribution in [1.82, 2.24) is 0 Å². The Morgan fingerprint density at radius 1 is 0.588 bits per heavy atom. The van der Waals surface area contributed by atoms with Gasteiger partial charge in [-0.3, -0.25) is 0 Å². The summed E-state index contributed by atoms with van der Waals surface area (Å²) >= 11 is 0. The second-order valence-corrected chi connectivity index (χ2v) is 8.99. The van der Waals surface area contributed by atoms with Gasteiger partial charge in [0.05, 0.1) is 0 Å². The van der Waals surface area contributed by atoms with Crippen LogP contribution in [0.1, 0.15) is 22.3 Å². The van der Waals surface area contributed by atoms with E-state index in [0.717, 1.165) is 37.4 Å². The summed E-state index contributed by atoms with van der Waals surface area (Å²) in [5.41, 5.74) is 7.53. The van der Waals surface area contributed by atoms with Crippen molar-refractivity contribution in [3.8, 4) is 11.5 Å². The number of rotatable bonds is 4. The van der Waals surface area contributed by atoms with Gasteiger partial charge in [-0.2, -0.15) is 0 Å². The summed E-state index contributed by atoms with van der Waals surface area (Å²) < 4.78 is 12.2. The number of para-hydroxylation sites is 2. The van der Waals surface area contributed by atoms with Crippen LogP contribution in [-0.4, -0.2) is 20.0 Å². The summed E-state index contributed by atoms with van der Waals surface area (Å²) in [7, 11) is 0. The zero-order valence-corrected chi connectivity index (χ0v) is 19.2. The Bertz CT molecular complexity index is 1270. The second kappa shape index (κ2) is 9.14. The fraction of sp³-hybridized carbons (Fsp3) is 0.200. The number of ether oxygens (including phenoxy) is 2. The molecule has 170 valence electrons. The molecule has 2 aliphatic heterocycles. The molecule has 0 aliphatic carbocycles. The van der Waals surface area contributed by atoms with Crippen molar-refractivity contribution in [3.63, 3.8) is 0 Å². The van der Waals surface area contributed by atoms with E-state index in [1.165, 1.54) is 33.6 Å². The first kappa shape index (κ1) is 20.7. The van der Waals surface area contributed by atoms with Crippen molar-refractivity contribution in [2.45, 2.75) is 19.4 Å². The van der Waals surface area contributed by atoms with Gasteiger partial charge in [0.2, 0.25) is 0 Å². The zero-order chi connectivity index (χ0) is 22.7. The van der Waals surface area contributed by atoms with Crippen LogP contribution < -0.4 is 19.3 Å². The molecule has 0 radical (unpaired) electrons. The highest BCUT2D eigenvalue weighted by Gasteiger charge is 2.19. The van der Waals surface area contributed by atoms with Crippen LogP contribution >= 0.6 is 0 Å². The monoisotopic (exact) mass is 448 g/mol. The van der Waals surface area contributed by atoms with E-state index in [9.17, 15) is 0 Å². The first-order valence-corrected chi connectivity index (χ1v) is 11.9. The maximum Gasteiger partial charge on any atom is 0.161 e. The summed E-state index contributed by atoms with van der Waals surface area (Å²) in [6, 6.07) is 34.2. The number of anilines is 2. The van der Waals surface area contributed by atoms with Crippen molar-refractivity contribution in [3.05, 3.63) is 119 Å². The third-order valence-corrected chi connectivity index (χ3v) is 6.66. The highest BCUT2D eigenvalue weighted by Crippen LogP contribution is 2.31. The minimum atomic E-state index is 0.582. The Morgan fingerprint density at radius 2 is 1.15 bits per heavy atom. The molecular weight excluding hydrogens is 420 g/mol. The van der Waals surface area contributed by atoms with E-state index in [1.807, 2.05) is 6.07 Å². The zero-order valence-electron chi connectivity index (χ0n) is 19.2.